The maximum Gasteiger partial charge on any atom is 0.247 e. The normalized spacial score (nSPS) is 16.0. The van der Waals surface area contributed by atoms with Gasteiger partial charge in [-0.2, -0.15) is 4.31 Å². The molecule has 0 amide bonds. The van der Waals surface area contributed by atoms with Gasteiger partial charge in [0, 0.05) is 12.6 Å². The van der Waals surface area contributed by atoms with Crippen LogP contribution in [0.25, 0.3) is 0 Å². The molecule has 1 heterocycles. The predicted molar refractivity (Wildman–Crippen MR) is 99.8 cm³/mol. The van der Waals surface area contributed by atoms with E-state index in [2.05, 4.69) is 5.32 Å². The molecule has 1 saturated heterocycles. The highest BCUT2D eigenvalue weighted by molar-refractivity contribution is 7.89. The Bertz CT molecular complexity index is 643. The van der Waals surface area contributed by atoms with Gasteiger partial charge in [0.25, 0.3) is 0 Å². The molecule has 7 heteroatoms. The summed E-state index contributed by atoms with van der Waals surface area (Å²) in [6.07, 6.45) is 2.51. The number of sulfonamides is 1. The van der Waals surface area contributed by atoms with E-state index >= 15 is 0 Å². The molecule has 5 nitrogen and oxygen atoms in total. The van der Waals surface area contributed by atoms with Crippen molar-refractivity contribution in [1.29, 1.82) is 0 Å². The first kappa shape index (κ1) is 21.2. The summed E-state index contributed by atoms with van der Waals surface area (Å²) in [5.74, 6) is 0.442. The highest BCUT2D eigenvalue weighted by atomic mass is 35.5. The zero-order valence-electron chi connectivity index (χ0n) is 15.0. The number of aryl methyl sites for hydroxylation is 2. The second-order valence-electron chi connectivity index (χ2n) is 6.21. The van der Waals surface area contributed by atoms with E-state index in [-0.39, 0.29) is 18.4 Å². The van der Waals surface area contributed by atoms with Crippen LogP contribution in [0.4, 0.5) is 0 Å². The number of benzene rings is 1. The van der Waals surface area contributed by atoms with Crippen LogP contribution in [-0.4, -0.2) is 45.5 Å². The number of hydrogen-bond donors (Lipinski definition) is 1. The van der Waals surface area contributed by atoms with Crippen LogP contribution < -0.4 is 10.1 Å². The molecule has 0 unspecified atom stereocenters. The molecule has 0 bridgehead atoms. The van der Waals surface area contributed by atoms with Gasteiger partial charge in [0.2, 0.25) is 10.0 Å². The number of methoxy groups -OCH3 is 1. The summed E-state index contributed by atoms with van der Waals surface area (Å²) in [5.41, 5.74) is 1.75. The van der Waals surface area contributed by atoms with Crippen LogP contribution in [-0.2, 0) is 10.0 Å². The minimum Gasteiger partial charge on any atom is -0.495 e. The van der Waals surface area contributed by atoms with Crippen molar-refractivity contribution in [2.75, 3.05) is 26.7 Å². The van der Waals surface area contributed by atoms with Crippen molar-refractivity contribution in [2.24, 2.45) is 0 Å². The second-order valence-corrected chi connectivity index (χ2v) is 8.04. The SMILES string of the molecule is CCCN(C1CCNCC1)S(=O)(=O)c1c(C)cc(C)cc1OC.Cl. The monoisotopic (exact) mass is 376 g/mol. The van der Waals surface area contributed by atoms with Crippen LogP contribution in [0.5, 0.6) is 5.75 Å². The van der Waals surface area contributed by atoms with Gasteiger partial charge < -0.3 is 10.1 Å². The summed E-state index contributed by atoms with van der Waals surface area (Å²) in [5, 5.41) is 3.30. The van der Waals surface area contributed by atoms with E-state index in [4.69, 9.17) is 4.74 Å². The number of hydrogen-bond acceptors (Lipinski definition) is 4. The Kier molecular flexibility index (Phi) is 7.99. The first-order chi connectivity index (χ1) is 10.9. The fourth-order valence-corrected chi connectivity index (χ4v) is 5.45. The number of nitrogens with zero attached hydrogens (tertiary/aromatic N) is 1. The number of ether oxygens (including phenoxy) is 1. The van der Waals surface area contributed by atoms with Crippen LogP contribution in [0.3, 0.4) is 0 Å². The van der Waals surface area contributed by atoms with Crippen molar-refractivity contribution >= 4 is 22.4 Å². The lowest BCUT2D eigenvalue weighted by molar-refractivity contribution is 0.261. The highest BCUT2D eigenvalue weighted by Gasteiger charge is 2.34. The summed E-state index contributed by atoms with van der Waals surface area (Å²) in [7, 11) is -2.04. The average Bonchev–Trinajstić information content (AvgIpc) is 2.52. The molecule has 1 aromatic rings. The lowest BCUT2D eigenvalue weighted by atomic mass is 10.1. The Morgan fingerprint density at radius 1 is 1.25 bits per heavy atom. The smallest absolute Gasteiger partial charge is 0.247 e. The van der Waals surface area contributed by atoms with Crippen LogP contribution in [0.15, 0.2) is 17.0 Å². The van der Waals surface area contributed by atoms with Crippen LogP contribution >= 0.6 is 12.4 Å². The molecule has 0 aliphatic carbocycles. The van der Waals surface area contributed by atoms with Crippen LogP contribution in [0, 0.1) is 13.8 Å². The summed E-state index contributed by atoms with van der Waals surface area (Å²) < 4.78 is 33.8. The van der Waals surface area contributed by atoms with Gasteiger partial charge in [0.1, 0.15) is 10.6 Å². The molecule has 0 atom stereocenters. The van der Waals surface area contributed by atoms with Crippen molar-refractivity contribution in [2.45, 2.75) is 51.0 Å². The Hall–Kier alpha value is -0.820. The zero-order valence-corrected chi connectivity index (χ0v) is 16.6. The van der Waals surface area contributed by atoms with E-state index in [1.807, 2.05) is 26.8 Å². The van der Waals surface area contributed by atoms with Gasteiger partial charge >= 0.3 is 0 Å². The summed E-state index contributed by atoms with van der Waals surface area (Å²) in [4.78, 5) is 0.317. The van der Waals surface area contributed by atoms with Gasteiger partial charge in [-0.15, -0.1) is 12.4 Å². The molecule has 0 spiro atoms. The van der Waals surface area contributed by atoms with E-state index in [9.17, 15) is 8.42 Å². The van der Waals surface area contributed by atoms with E-state index in [0.717, 1.165) is 43.5 Å². The van der Waals surface area contributed by atoms with Crippen molar-refractivity contribution < 1.29 is 13.2 Å². The third-order valence-corrected chi connectivity index (χ3v) is 6.47. The van der Waals surface area contributed by atoms with E-state index in [1.165, 1.54) is 7.11 Å². The van der Waals surface area contributed by atoms with Gasteiger partial charge in [-0.3, -0.25) is 0 Å². The lowest BCUT2D eigenvalue weighted by Gasteiger charge is -2.34. The summed E-state index contributed by atoms with van der Waals surface area (Å²) >= 11 is 0. The molecule has 0 aromatic heterocycles. The van der Waals surface area contributed by atoms with Gasteiger partial charge in [-0.25, -0.2) is 8.42 Å². The Morgan fingerprint density at radius 3 is 2.42 bits per heavy atom. The number of nitrogens with one attached hydrogen (secondary N) is 1. The fourth-order valence-electron chi connectivity index (χ4n) is 3.33. The number of rotatable bonds is 6. The first-order valence-corrected chi connectivity index (χ1v) is 9.73. The molecule has 1 aromatic carbocycles. The van der Waals surface area contributed by atoms with Crippen LogP contribution in [0.1, 0.15) is 37.3 Å². The lowest BCUT2D eigenvalue weighted by Crippen LogP contribution is -2.46. The highest BCUT2D eigenvalue weighted by Crippen LogP contribution is 2.33. The molecule has 2 rings (SSSR count). The van der Waals surface area contributed by atoms with Crippen molar-refractivity contribution in [3.05, 3.63) is 23.3 Å². The number of piperidine rings is 1. The van der Waals surface area contributed by atoms with Gasteiger partial charge in [-0.05, 0) is 63.4 Å². The molecule has 0 radical (unpaired) electrons. The molecule has 0 saturated carbocycles. The van der Waals surface area contributed by atoms with Crippen molar-refractivity contribution in [3.8, 4) is 5.75 Å². The molecule has 1 aliphatic heterocycles. The van der Waals surface area contributed by atoms with Gasteiger partial charge in [-0.1, -0.05) is 13.0 Å². The predicted octanol–water partition coefficient (Wildman–Crippen LogP) is 2.89. The van der Waals surface area contributed by atoms with E-state index in [0.29, 0.717) is 17.2 Å². The third kappa shape index (κ3) is 4.42. The fraction of sp³-hybridized carbons (Fsp3) is 0.647. The quantitative estimate of drug-likeness (QED) is 0.829. The maximum absolute atomic E-state index is 13.4. The summed E-state index contributed by atoms with van der Waals surface area (Å²) in [6.45, 7) is 8.08. The molecule has 24 heavy (non-hydrogen) atoms. The summed E-state index contributed by atoms with van der Waals surface area (Å²) in [6, 6.07) is 3.76. The Balaban J connectivity index is 0.00000288. The first-order valence-electron chi connectivity index (χ1n) is 8.29. The van der Waals surface area contributed by atoms with Crippen molar-refractivity contribution in [3.63, 3.8) is 0 Å². The molecule has 1 N–H and O–H groups in total. The maximum atomic E-state index is 13.4. The minimum absolute atomic E-state index is 0. The zero-order chi connectivity index (χ0) is 17.0. The molecular formula is C17H29ClN2O3S. The standard InChI is InChI=1S/C17H28N2O3S.ClH/c1-5-10-19(15-6-8-18-9-7-15)23(20,21)17-14(3)11-13(2)12-16(17)22-4;/h11-12,15,18H,5-10H2,1-4H3;1H. The minimum atomic E-state index is -3.57. The van der Waals surface area contributed by atoms with Gasteiger partial charge in [0.15, 0.2) is 0 Å². The molecular weight excluding hydrogens is 348 g/mol. The average molecular weight is 377 g/mol. The Morgan fingerprint density at radius 2 is 1.88 bits per heavy atom. The Labute approximate surface area is 152 Å². The van der Waals surface area contributed by atoms with E-state index in [1.54, 1.807) is 10.4 Å². The van der Waals surface area contributed by atoms with E-state index < -0.39 is 10.0 Å². The third-order valence-electron chi connectivity index (χ3n) is 4.33. The van der Waals surface area contributed by atoms with Crippen LogP contribution in [0.2, 0.25) is 0 Å². The largest absolute Gasteiger partial charge is 0.495 e. The topological polar surface area (TPSA) is 58.6 Å². The second kappa shape index (κ2) is 9.04. The number of halogens is 1. The molecule has 1 aliphatic rings. The van der Waals surface area contributed by atoms with Gasteiger partial charge in [0.05, 0.1) is 7.11 Å². The molecule has 138 valence electrons. The van der Waals surface area contributed by atoms with Crippen molar-refractivity contribution in [1.82, 2.24) is 9.62 Å². The molecule has 1 fully saturated rings.